The summed E-state index contributed by atoms with van der Waals surface area (Å²) >= 11 is 0. The summed E-state index contributed by atoms with van der Waals surface area (Å²) in [6.07, 6.45) is 1.03. The van der Waals surface area contributed by atoms with Crippen molar-refractivity contribution in [2.45, 2.75) is 19.8 Å². The number of fused-ring (bicyclic) bond motifs is 1. The highest BCUT2D eigenvalue weighted by molar-refractivity contribution is 6.00. The first-order chi connectivity index (χ1) is 15.1. The number of benzene rings is 2. The van der Waals surface area contributed by atoms with E-state index in [1.807, 2.05) is 42.5 Å². The number of carbonyl (C=O) groups excluding carboxylic acids is 2. The third-order valence-corrected chi connectivity index (χ3v) is 4.97. The number of ether oxygens (including phenoxy) is 2. The predicted octanol–water partition coefficient (Wildman–Crippen LogP) is 1.94. The molecule has 0 atom stereocenters. The molecule has 8 heteroatoms. The molecule has 1 saturated heterocycles. The zero-order valence-electron chi connectivity index (χ0n) is 17.9. The van der Waals surface area contributed by atoms with E-state index in [2.05, 4.69) is 20.7 Å². The number of hydrazone groups is 1. The molecule has 3 rings (SSSR count). The first-order valence-corrected chi connectivity index (χ1v) is 10.6. The van der Waals surface area contributed by atoms with Crippen LogP contribution >= 0.6 is 0 Å². The summed E-state index contributed by atoms with van der Waals surface area (Å²) in [4.78, 5) is 26.4. The molecule has 1 aliphatic rings. The molecule has 0 unspecified atom stereocenters. The van der Waals surface area contributed by atoms with Crippen LogP contribution in [0.2, 0.25) is 0 Å². The summed E-state index contributed by atoms with van der Waals surface area (Å²) in [7, 11) is 0. The van der Waals surface area contributed by atoms with Crippen molar-refractivity contribution in [2.75, 3.05) is 46.0 Å². The van der Waals surface area contributed by atoms with E-state index in [-0.39, 0.29) is 24.8 Å². The van der Waals surface area contributed by atoms with E-state index < -0.39 is 0 Å². The Hall–Kier alpha value is -2.97. The molecule has 0 saturated carbocycles. The van der Waals surface area contributed by atoms with Gasteiger partial charge in [0.2, 0.25) is 5.91 Å². The minimum atomic E-state index is -0.377. The predicted molar refractivity (Wildman–Crippen MR) is 120 cm³/mol. The van der Waals surface area contributed by atoms with Gasteiger partial charge in [-0.1, -0.05) is 36.4 Å². The number of rotatable bonds is 10. The fraction of sp³-hybridized carbons (Fsp3) is 0.435. The fourth-order valence-electron chi connectivity index (χ4n) is 3.34. The lowest BCUT2D eigenvalue weighted by Crippen LogP contribution is -2.38. The number of hydrogen-bond acceptors (Lipinski definition) is 6. The van der Waals surface area contributed by atoms with E-state index in [1.165, 1.54) is 0 Å². The summed E-state index contributed by atoms with van der Waals surface area (Å²) in [6.45, 7) is 6.57. The average molecular weight is 427 g/mol. The number of amides is 2. The van der Waals surface area contributed by atoms with Crippen LogP contribution < -0.4 is 15.5 Å². The van der Waals surface area contributed by atoms with Gasteiger partial charge in [0.1, 0.15) is 5.75 Å². The van der Waals surface area contributed by atoms with Crippen LogP contribution in [0.4, 0.5) is 0 Å². The first-order valence-electron chi connectivity index (χ1n) is 10.6. The summed E-state index contributed by atoms with van der Waals surface area (Å²) in [5.41, 5.74) is 2.97. The first kappa shape index (κ1) is 22.7. The fourth-order valence-corrected chi connectivity index (χ4v) is 3.34. The van der Waals surface area contributed by atoms with Crippen molar-refractivity contribution in [1.29, 1.82) is 0 Å². The van der Waals surface area contributed by atoms with Gasteiger partial charge < -0.3 is 14.8 Å². The van der Waals surface area contributed by atoms with Crippen molar-refractivity contribution < 1.29 is 19.1 Å². The van der Waals surface area contributed by atoms with Gasteiger partial charge in [-0.05, 0) is 31.3 Å². The van der Waals surface area contributed by atoms with Gasteiger partial charge in [-0.15, -0.1) is 0 Å². The van der Waals surface area contributed by atoms with E-state index >= 15 is 0 Å². The Bertz CT molecular complexity index is 904. The summed E-state index contributed by atoms with van der Waals surface area (Å²) in [5.74, 6) is 0.160. The minimum absolute atomic E-state index is 0.107. The molecule has 2 amide bonds. The Kier molecular flexibility index (Phi) is 8.81. The molecule has 31 heavy (non-hydrogen) atoms. The largest absolute Gasteiger partial charge is 0.483 e. The second-order valence-corrected chi connectivity index (χ2v) is 7.48. The molecule has 2 N–H and O–H groups in total. The van der Waals surface area contributed by atoms with Crippen molar-refractivity contribution in [2.24, 2.45) is 5.10 Å². The van der Waals surface area contributed by atoms with Crippen molar-refractivity contribution in [3.63, 3.8) is 0 Å². The zero-order valence-corrected chi connectivity index (χ0v) is 17.9. The van der Waals surface area contributed by atoms with E-state index in [1.54, 1.807) is 6.92 Å². The van der Waals surface area contributed by atoms with Crippen LogP contribution in [-0.2, 0) is 14.3 Å². The summed E-state index contributed by atoms with van der Waals surface area (Å²) in [5, 5.41) is 8.88. The van der Waals surface area contributed by atoms with Crippen LogP contribution in [0.5, 0.6) is 5.75 Å². The highest BCUT2D eigenvalue weighted by Gasteiger charge is 2.10. The third-order valence-electron chi connectivity index (χ3n) is 4.97. The molecule has 0 spiro atoms. The molecule has 1 fully saturated rings. The van der Waals surface area contributed by atoms with Crippen LogP contribution in [0, 0.1) is 0 Å². The van der Waals surface area contributed by atoms with Crippen molar-refractivity contribution in [3.05, 3.63) is 42.5 Å². The molecule has 2 aromatic rings. The Balaban J connectivity index is 1.33. The Morgan fingerprint density at radius 3 is 2.71 bits per heavy atom. The quantitative estimate of drug-likeness (QED) is 0.344. The monoisotopic (exact) mass is 426 g/mol. The van der Waals surface area contributed by atoms with Gasteiger partial charge in [-0.25, -0.2) is 5.43 Å². The maximum Gasteiger partial charge on any atom is 0.277 e. The number of nitrogens with zero attached hydrogens (tertiary/aromatic N) is 2. The van der Waals surface area contributed by atoms with Gasteiger partial charge in [-0.2, -0.15) is 5.10 Å². The number of hydrogen-bond donors (Lipinski definition) is 2. The molecule has 1 heterocycles. The van der Waals surface area contributed by atoms with Crippen LogP contribution in [-0.4, -0.2) is 68.4 Å². The highest BCUT2D eigenvalue weighted by Crippen LogP contribution is 2.24. The number of morpholine rings is 1. The maximum absolute atomic E-state index is 12.0. The Morgan fingerprint density at radius 2 is 1.87 bits per heavy atom. The molecule has 0 aliphatic carbocycles. The van der Waals surface area contributed by atoms with Gasteiger partial charge in [0.15, 0.2) is 6.61 Å². The van der Waals surface area contributed by atoms with Gasteiger partial charge in [0, 0.05) is 30.7 Å². The average Bonchev–Trinajstić information content (AvgIpc) is 2.80. The molecule has 2 aromatic carbocycles. The van der Waals surface area contributed by atoms with Crippen LogP contribution in [0.15, 0.2) is 47.6 Å². The smallest absolute Gasteiger partial charge is 0.277 e. The zero-order chi connectivity index (χ0) is 21.9. The van der Waals surface area contributed by atoms with Gasteiger partial charge >= 0.3 is 0 Å². The SMILES string of the molecule is CC(CC(=O)NCCCN1CCOCC1)=NNC(=O)COc1cccc2ccccc12. The van der Waals surface area contributed by atoms with Crippen molar-refractivity contribution in [1.82, 2.24) is 15.6 Å². The maximum atomic E-state index is 12.0. The molecule has 8 nitrogen and oxygen atoms in total. The van der Waals surface area contributed by atoms with Crippen LogP contribution in [0.25, 0.3) is 10.8 Å². The normalized spacial score (nSPS) is 14.9. The Morgan fingerprint density at radius 1 is 1.10 bits per heavy atom. The van der Waals surface area contributed by atoms with Gasteiger partial charge in [0.05, 0.1) is 19.6 Å². The standard InChI is InChI=1S/C23H30N4O4/c1-18(16-22(28)24-10-5-11-27-12-14-30-15-13-27)25-26-23(29)17-31-21-9-4-7-19-6-2-3-8-20(19)21/h2-4,6-9H,5,10-17H2,1H3,(H,24,28)(H,26,29). The lowest BCUT2D eigenvalue weighted by atomic mass is 10.1. The van der Waals surface area contributed by atoms with Gasteiger partial charge in [-0.3, -0.25) is 14.5 Å². The van der Waals surface area contributed by atoms with E-state index in [0.29, 0.717) is 18.0 Å². The number of nitrogens with one attached hydrogen (secondary N) is 2. The second kappa shape index (κ2) is 12.0. The molecule has 1 aliphatic heterocycles. The Labute approximate surface area is 182 Å². The van der Waals surface area contributed by atoms with Crippen molar-refractivity contribution >= 4 is 28.3 Å². The van der Waals surface area contributed by atoms with Crippen molar-refractivity contribution in [3.8, 4) is 5.75 Å². The molecular weight excluding hydrogens is 396 g/mol. The van der Waals surface area contributed by atoms with E-state index in [9.17, 15) is 9.59 Å². The minimum Gasteiger partial charge on any atom is -0.483 e. The summed E-state index contributed by atoms with van der Waals surface area (Å²) in [6, 6.07) is 13.5. The molecule has 0 radical (unpaired) electrons. The molecule has 0 bridgehead atoms. The van der Waals surface area contributed by atoms with Gasteiger partial charge in [0.25, 0.3) is 5.91 Å². The topological polar surface area (TPSA) is 92.3 Å². The third kappa shape index (κ3) is 7.66. The molecule has 166 valence electrons. The lowest BCUT2D eigenvalue weighted by molar-refractivity contribution is -0.123. The summed E-state index contributed by atoms with van der Waals surface area (Å²) < 4.78 is 11.0. The highest BCUT2D eigenvalue weighted by atomic mass is 16.5. The van der Waals surface area contributed by atoms with Crippen LogP contribution in [0.3, 0.4) is 0 Å². The lowest BCUT2D eigenvalue weighted by Gasteiger charge is -2.26. The molecular formula is C23H30N4O4. The van der Waals surface area contributed by atoms with Crippen LogP contribution in [0.1, 0.15) is 19.8 Å². The van der Waals surface area contributed by atoms with E-state index in [4.69, 9.17) is 9.47 Å². The number of carbonyl (C=O) groups is 2. The molecule has 0 aromatic heterocycles. The second-order valence-electron chi connectivity index (χ2n) is 7.48. The van der Waals surface area contributed by atoms with E-state index in [0.717, 1.165) is 50.0 Å².